The molecule has 4 aliphatic heterocycles. The highest BCUT2D eigenvalue weighted by Gasteiger charge is 2.36. The molecule has 6 heterocycles. The molecule has 7 rings (SSSR count). The number of benzene rings is 1. The zero-order valence-electron chi connectivity index (χ0n) is 25.5. The summed E-state index contributed by atoms with van der Waals surface area (Å²) >= 11 is 0. The molecular formula is C33H39N9O3. The number of likely N-dealkylation sites (tertiary alicyclic amines) is 2. The van der Waals surface area contributed by atoms with E-state index in [0.29, 0.717) is 44.4 Å². The number of aliphatic hydroxyl groups is 1. The summed E-state index contributed by atoms with van der Waals surface area (Å²) < 4.78 is 0. The highest BCUT2D eigenvalue weighted by atomic mass is 16.3. The van der Waals surface area contributed by atoms with Crippen LogP contribution in [-0.4, -0.2) is 102 Å². The van der Waals surface area contributed by atoms with Crippen molar-refractivity contribution in [2.24, 2.45) is 0 Å². The van der Waals surface area contributed by atoms with Crippen molar-refractivity contribution >= 4 is 29.7 Å². The van der Waals surface area contributed by atoms with E-state index in [0.717, 1.165) is 43.6 Å². The minimum atomic E-state index is -0.653. The highest BCUT2D eigenvalue weighted by molar-refractivity contribution is 5.93. The Bertz CT molecular complexity index is 1610. The van der Waals surface area contributed by atoms with E-state index in [4.69, 9.17) is 9.97 Å². The van der Waals surface area contributed by atoms with Crippen LogP contribution in [0.3, 0.4) is 0 Å². The molecule has 0 radical (unpaired) electrons. The van der Waals surface area contributed by atoms with Crippen molar-refractivity contribution in [2.45, 2.75) is 63.9 Å². The van der Waals surface area contributed by atoms with E-state index in [1.807, 2.05) is 22.1 Å². The van der Waals surface area contributed by atoms with Crippen LogP contribution in [0.25, 0.3) is 6.08 Å². The first-order valence-corrected chi connectivity index (χ1v) is 15.8. The van der Waals surface area contributed by atoms with Crippen molar-refractivity contribution in [3.63, 3.8) is 0 Å². The summed E-state index contributed by atoms with van der Waals surface area (Å²) in [6.07, 6.45) is 9.68. The van der Waals surface area contributed by atoms with Gasteiger partial charge in [0.1, 0.15) is 17.8 Å². The molecule has 2 saturated heterocycles. The number of fused-ring (bicyclic) bond motifs is 2. The van der Waals surface area contributed by atoms with Crippen LogP contribution in [0.1, 0.15) is 59.1 Å². The minimum absolute atomic E-state index is 0.00186. The van der Waals surface area contributed by atoms with Crippen LogP contribution in [0.5, 0.6) is 0 Å². The third-order valence-corrected chi connectivity index (χ3v) is 9.53. The predicted molar refractivity (Wildman–Crippen MR) is 169 cm³/mol. The maximum atomic E-state index is 14.0. The van der Waals surface area contributed by atoms with Crippen molar-refractivity contribution in [3.05, 3.63) is 77.1 Å². The SMILES string of the molecule is CC(=O)N1CCC(Nc2cc(C(=O)N3CC[C@@H](N4CCc5ccccc5C4)[C@H](O)C3)nc(N3C=Cc4cncnc4C3)n2)CC1. The second kappa shape index (κ2) is 12.5. The summed E-state index contributed by atoms with van der Waals surface area (Å²) in [4.78, 5) is 51.7. The fourth-order valence-corrected chi connectivity index (χ4v) is 6.95. The molecule has 4 aliphatic rings. The van der Waals surface area contributed by atoms with Gasteiger partial charge in [0, 0.05) is 82.3 Å². The molecule has 0 bridgehead atoms. The molecule has 12 heteroatoms. The fraction of sp³-hybridized carbons (Fsp3) is 0.455. The van der Waals surface area contributed by atoms with Crippen LogP contribution in [0.4, 0.5) is 11.8 Å². The molecule has 0 aliphatic carbocycles. The number of aromatic nitrogens is 4. The lowest BCUT2D eigenvalue weighted by molar-refractivity contribution is -0.129. The Kier molecular flexibility index (Phi) is 8.16. The predicted octanol–water partition coefficient (Wildman–Crippen LogP) is 2.31. The van der Waals surface area contributed by atoms with Gasteiger partial charge in [0.15, 0.2) is 0 Å². The zero-order chi connectivity index (χ0) is 30.9. The van der Waals surface area contributed by atoms with Crippen molar-refractivity contribution in [1.82, 2.24) is 34.6 Å². The largest absolute Gasteiger partial charge is 0.390 e. The Labute approximate surface area is 262 Å². The number of nitrogens with zero attached hydrogens (tertiary/aromatic N) is 8. The van der Waals surface area contributed by atoms with E-state index in [-0.39, 0.29) is 36.1 Å². The van der Waals surface area contributed by atoms with Gasteiger partial charge in [-0.05, 0) is 42.9 Å². The number of hydrogen-bond donors (Lipinski definition) is 2. The quantitative estimate of drug-likeness (QED) is 0.444. The second-order valence-electron chi connectivity index (χ2n) is 12.4. The van der Waals surface area contributed by atoms with E-state index >= 15 is 0 Å². The number of nitrogens with one attached hydrogen (secondary N) is 1. The molecular weight excluding hydrogens is 570 g/mol. The first kappa shape index (κ1) is 29.3. The number of anilines is 2. The first-order valence-electron chi connectivity index (χ1n) is 15.8. The molecule has 1 aromatic carbocycles. The summed E-state index contributed by atoms with van der Waals surface area (Å²) in [5.74, 6) is 0.822. The molecule has 0 unspecified atom stereocenters. The normalized spacial score (nSPS) is 22.1. The molecule has 2 fully saturated rings. The zero-order valence-corrected chi connectivity index (χ0v) is 25.5. The maximum absolute atomic E-state index is 14.0. The minimum Gasteiger partial charge on any atom is -0.390 e. The van der Waals surface area contributed by atoms with Crippen molar-refractivity contribution in [1.29, 1.82) is 0 Å². The van der Waals surface area contributed by atoms with E-state index in [9.17, 15) is 14.7 Å². The molecule has 0 spiro atoms. The van der Waals surface area contributed by atoms with Crippen molar-refractivity contribution in [3.8, 4) is 0 Å². The van der Waals surface area contributed by atoms with Crippen LogP contribution in [0, 0.1) is 0 Å². The van der Waals surface area contributed by atoms with Gasteiger partial charge in [-0.3, -0.25) is 14.5 Å². The van der Waals surface area contributed by atoms with Crippen LogP contribution in [0.15, 0.2) is 49.1 Å². The topological polar surface area (TPSA) is 131 Å². The molecule has 12 nitrogen and oxygen atoms in total. The number of hydrogen-bond acceptors (Lipinski definition) is 10. The Hall–Kier alpha value is -4.42. The maximum Gasteiger partial charge on any atom is 0.272 e. The summed E-state index contributed by atoms with van der Waals surface area (Å²) in [5.41, 5.74) is 4.76. The summed E-state index contributed by atoms with van der Waals surface area (Å²) in [7, 11) is 0. The Morgan fingerprint density at radius 1 is 0.978 bits per heavy atom. The van der Waals surface area contributed by atoms with Gasteiger partial charge in [-0.1, -0.05) is 24.3 Å². The third-order valence-electron chi connectivity index (χ3n) is 9.53. The van der Waals surface area contributed by atoms with E-state index < -0.39 is 6.10 Å². The van der Waals surface area contributed by atoms with Crippen LogP contribution in [0.2, 0.25) is 0 Å². The Balaban J connectivity index is 1.09. The molecule has 2 aromatic heterocycles. The monoisotopic (exact) mass is 609 g/mol. The van der Waals surface area contributed by atoms with Gasteiger partial charge >= 0.3 is 0 Å². The van der Waals surface area contributed by atoms with Gasteiger partial charge in [-0.2, -0.15) is 4.98 Å². The summed E-state index contributed by atoms with van der Waals surface area (Å²) in [6.45, 7) is 5.92. The molecule has 2 N–H and O–H groups in total. The molecule has 45 heavy (non-hydrogen) atoms. The average molecular weight is 610 g/mol. The third kappa shape index (κ3) is 6.25. The Morgan fingerprint density at radius 3 is 2.58 bits per heavy atom. The lowest BCUT2D eigenvalue weighted by atomic mass is 9.94. The van der Waals surface area contributed by atoms with Crippen molar-refractivity contribution in [2.75, 3.05) is 42.9 Å². The number of amides is 2. The van der Waals surface area contributed by atoms with Gasteiger partial charge < -0.3 is 25.1 Å². The second-order valence-corrected chi connectivity index (χ2v) is 12.4. The van der Waals surface area contributed by atoms with Crippen molar-refractivity contribution < 1.29 is 14.7 Å². The standard InChI is InChI=1S/C33H39N9O3/c1-22(43)39-13-8-26(9-14-39)36-31-16-27(37-33(38-31)42-12-7-24-17-34-21-35-28(24)19-42)32(45)41-15-10-29(30(44)20-41)40-11-6-23-4-2-3-5-25(23)18-40/h2-5,7,12,16-17,21,26,29-30,44H,6,8-11,13-15,18-20H2,1H3,(H,36,37,38)/t29-,30-/m1/s1. The van der Waals surface area contributed by atoms with Gasteiger partial charge in [0.05, 0.1) is 18.3 Å². The number of carbonyl (C=O) groups excluding carboxylic acids is 2. The number of carbonyl (C=O) groups is 2. The van der Waals surface area contributed by atoms with Gasteiger partial charge in [0.2, 0.25) is 11.9 Å². The van der Waals surface area contributed by atoms with Crippen LogP contribution in [-0.2, 0) is 24.3 Å². The molecule has 2 atom stereocenters. The molecule has 234 valence electrons. The van der Waals surface area contributed by atoms with Crippen LogP contribution < -0.4 is 10.2 Å². The van der Waals surface area contributed by atoms with E-state index in [1.54, 1.807) is 24.1 Å². The first-order chi connectivity index (χ1) is 21.9. The molecule has 2 amide bonds. The summed E-state index contributed by atoms with van der Waals surface area (Å²) in [6, 6.07) is 10.3. The van der Waals surface area contributed by atoms with E-state index in [2.05, 4.69) is 44.5 Å². The molecule has 0 saturated carbocycles. The van der Waals surface area contributed by atoms with Gasteiger partial charge in [-0.25, -0.2) is 15.0 Å². The van der Waals surface area contributed by atoms with Gasteiger partial charge in [-0.15, -0.1) is 0 Å². The lowest BCUT2D eigenvalue weighted by Gasteiger charge is -2.43. The highest BCUT2D eigenvalue weighted by Crippen LogP contribution is 2.28. The number of piperidine rings is 2. The summed E-state index contributed by atoms with van der Waals surface area (Å²) in [5, 5.41) is 14.8. The Morgan fingerprint density at radius 2 is 1.78 bits per heavy atom. The average Bonchev–Trinajstić information content (AvgIpc) is 3.07. The molecule has 3 aromatic rings. The lowest BCUT2D eigenvalue weighted by Crippen LogP contribution is -2.56. The smallest absolute Gasteiger partial charge is 0.272 e. The number of β-amino-alcohol motifs (C(OH)–C–C–N with tert-alkyl or cyclic N) is 1. The van der Waals surface area contributed by atoms with Crippen LogP contribution >= 0.6 is 0 Å². The van der Waals surface area contributed by atoms with E-state index in [1.165, 1.54) is 17.5 Å². The number of rotatable bonds is 5. The number of aliphatic hydroxyl groups excluding tert-OH is 1. The van der Waals surface area contributed by atoms with Gasteiger partial charge in [0.25, 0.3) is 5.91 Å². The fourth-order valence-electron chi connectivity index (χ4n) is 6.95.